The van der Waals surface area contributed by atoms with Gasteiger partial charge in [0.05, 0.1) is 0 Å². The van der Waals surface area contributed by atoms with E-state index in [1.165, 1.54) is 5.56 Å². The molecule has 4 nitrogen and oxygen atoms in total. The van der Waals surface area contributed by atoms with E-state index < -0.39 is 6.10 Å². The Morgan fingerprint density at radius 2 is 1.85 bits per heavy atom. The molecule has 1 amide bonds. The molecule has 0 aliphatic rings. The van der Waals surface area contributed by atoms with Gasteiger partial charge in [0.1, 0.15) is 5.75 Å². The molecule has 0 saturated heterocycles. The third kappa shape index (κ3) is 5.61. The van der Waals surface area contributed by atoms with Crippen molar-refractivity contribution in [1.29, 1.82) is 0 Å². The summed E-state index contributed by atoms with van der Waals surface area (Å²) < 4.78 is 5.64. The van der Waals surface area contributed by atoms with E-state index >= 15 is 0 Å². The van der Waals surface area contributed by atoms with E-state index in [1.54, 1.807) is 6.92 Å². The molecule has 0 bridgehead atoms. The van der Waals surface area contributed by atoms with Gasteiger partial charge in [0.15, 0.2) is 6.10 Å². The molecular weight excluding hydrogens is 252 g/mol. The van der Waals surface area contributed by atoms with Crippen LogP contribution in [0, 0.1) is 0 Å². The van der Waals surface area contributed by atoms with E-state index in [1.807, 2.05) is 45.0 Å². The second-order valence-electron chi connectivity index (χ2n) is 5.40. The molecule has 3 atom stereocenters. The van der Waals surface area contributed by atoms with Crippen molar-refractivity contribution in [2.24, 2.45) is 5.73 Å². The summed E-state index contributed by atoms with van der Waals surface area (Å²) in [4.78, 5) is 11.9. The first-order chi connectivity index (χ1) is 9.42. The fraction of sp³-hybridized carbons (Fsp3) is 0.562. The van der Waals surface area contributed by atoms with Crippen molar-refractivity contribution in [2.45, 2.75) is 58.7 Å². The van der Waals surface area contributed by atoms with Crippen LogP contribution in [-0.2, 0) is 11.2 Å². The fourth-order valence-corrected chi connectivity index (χ4v) is 1.80. The van der Waals surface area contributed by atoms with Gasteiger partial charge in [0.25, 0.3) is 5.91 Å². The van der Waals surface area contributed by atoms with Crippen molar-refractivity contribution < 1.29 is 9.53 Å². The second kappa shape index (κ2) is 7.90. The molecule has 1 rings (SSSR count). The van der Waals surface area contributed by atoms with Crippen molar-refractivity contribution in [1.82, 2.24) is 5.32 Å². The molecule has 0 fully saturated rings. The van der Waals surface area contributed by atoms with Crippen LogP contribution in [0.3, 0.4) is 0 Å². The van der Waals surface area contributed by atoms with Gasteiger partial charge in [-0.3, -0.25) is 4.79 Å². The fourth-order valence-electron chi connectivity index (χ4n) is 1.80. The molecule has 0 radical (unpaired) electrons. The highest BCUT2D eigenvalue weighted by molar-refractivity contribution is 5.80. The Bertz CT molecular complexity index is 415. The highest BCUT2D eigenvalue weighted by atomic mass is 16.5. The van der Waals surface area contributed by atoms with Gasteiger partial charge < -0.3 is 15.8 Å². The number of nitrogens with one attached hydrogen (secondary N) is 1. The number of hydrogen-bond acceptors (Lipinski definition) is 3. The summed E-state index contributed by atoms with van der Waals surface area (Å²) in [5, 5.41) is 2.91. The van der Waals surface area contributed by atoms with E-state index in [0.717, 1.165) is 12.8 Å². The number of carbonyl (C=O) groups is 1. The van der Waals surface area contributed by atoms with Gasteiger partial charge in [-0.25, -0.2) is 0 Å². The normalized spacial score (nSPS) is 15.2. The number of nitrogens with two attached hydrogens (primary N) is 1. The number of hydrogen-bond donors (Lipinski definition) is 2. The lowest BCUT2D eigenvalue weighted by Gasteiger charge is -2.18. The number of ether oxygens (including phenoxy) is 1. The Morgan fingerprint density at radius 1 is 1.25 bits per heavy atom. The largest absolute Gasteiger partial charge is 0.481 e. The van der Waals surface area contributed by atoms with Gasteiger partial charge in [-0.15, -0.1) is 0 Å². The molecule has 112 valence electrons. The summed E-state index contributed by atoms with van der Waals surface area (Å²) in [5.74, 6) is 0.615. The van der Waals surface area contributed by atoms with Gasteiger partial charge in [0.2, 0.25) is 0 Å². The maximum absolute atomic E-state index is 11.9. The average Bonchev–Trinajstić information content (AvgIpc) is 2.40. The molecule has 0 saturated carbocycles. The van der Waals surface area contributed by atoms with E-state index in [9.17, 15) is 4.79 Å². The zero-order chi connectivity index (χ0) is 15.1. The first-order valence-corrected chi connectivity index (χ1v) is 7.24. The van der Waals surface area contributed by atoms with Crippen LogP contribution < -0.4 is 15.8 Å². The Labute approximate surface area is 121 Å². The lowest BCUT2D eigenvalue weighted by atomic mass is 10.1. The van der Waals surface area contributed by atoms with Gasteiger partial charge in [-0.05, 0) is 51.3 Å². The van der Waals surface area contributed by atoms with Crippen LogP contribution in [0.2, 0.25) is 0 Å². The van der Waals surface area contributed by atoms with Gasteiger partial charge in [-0.2, -0.15) is 0 Å². The third-order valence-corrected chi connectivity index (χ3v) is 3.16. The summed E-state index contributed by atoms with van der Waals surface area (Å²) in [7, 11) is 0. The number of rotatable bonds is 7. The zero-order valence-electron chi connectivity index (χ0n) is 12.8. The quantitative estimate of drug-likeness (QED) is 0.804. The van der Waals surface area contributed by atoms with Crippen molar-refractivity contribution in [3.8, 4) is 5.75 Å². The van der Waals surface area contributed by atoms with Crippen LogP contribution in [-0.4, -0.2) is 24.1 Å². The average molecular weight is 278 g/mol. The SMILES string of the molecule is CCC(C)NC(=O)C(C)Oc1ccc(CC(C)N)cc1. The highest BCUT2D eigenvalue weighted by Crippen LogP contribution is 2.15. The van der Waals surface area contributed by atoms with Gasteiger partial charge >= 0.3 is 0 Å². The first kappa shape index (κ1) is 16.5. The minimum Gasteiger partial charge on any atom is -0.481 e. The van der Waals surface area contributed by atoms with Crippen LogP contribution in [0.4, 0.5) is 0 Å². The van der Waals surface area contributed by atoms with Crippen molar-refractivity contribution in [2.75, 3.05) is 0 Å². The summed E-state index contributed by atoms with van der Waals surface area (Å²) in [5.41, 5.74) is 6.93. The molecule has 0 aliphatic heterocycles. The lowest BCUT2D eigenvalue weighted by molar-refractivity contribution is -0.127. The van der Waals surface area contributed by atoms with Crippen LogP contribution in [0.15, 0.2) is 24.3 Å². The predicted molar refractivity (Wildman–Crippen MR) is 81.8 cm³/mol. The zero-order valence-corrected chi connectivity index (χ0v) is 12.8. The summed E-state index contributed by atoms with van der Waals surface area (Å²) in [6, 6.07) is 8.04. The molecule has 4 heteroatoms. The topological polar surface area (TPSA) is 64.3 Å². The number of amides is 1. The second-order valence-corrected chi connectivity index (χ2v) is 5.40. The maximum atomic E-state index is 11.9. The molecule has 0 spiro atoms. The molecule has 3 unspecified atom stereocenters. The van der Waals surface area contributed by atoms with Crippen molar-refractivity contribution in [3.05, 3.63) is 29.8 Å². The summed E-state index contributed by atoms with van der Waals surface area (Å²) in [6.45, 7) is 7.75. The van der Waals surface area contributed by atoms with Crippen molar-refractivity contribution in [3.63, 3.8) is 0 Å². The Morgan fingerprint density at radius 3 is 2.35 bits per heavy atom. The highest BCUT2D eigenvalue weighted by Gasteiger charge is 2.16. The van der Waals surface area contributed by atoms with E-state index in [2.05, 4.69) is 5.32 Å². The summed E-state index contributed by atoms with van der Waals surface area (Å²) >= 11 is 0. The molecule has 1 aromatic carbocycles. The van der Waals surface area contributed by atoms with E-state index in [0.29, 0.717) is 5.75 Å². The van der Waals surface area contributed by atoms with Gasteiger partial charge in [-0.1, -0.05) is 19.1 Å². The van der Waals surface area contributed by atoms with Crippen LogP contribution in [0.5, 0.6) is 5.75 Å². The van der Waals surface area contributed by atoms with E-state index in [-0.39, 0.29) is 18.0 Å². The number of carbonyl (C=O) groups excluding carboxylic acids is 1. The lowest BCUT2D eigenvalue weighted by Crippen LogP contribution is -2.40. The Kier molecular flexibility index (Phi) is 6.52. The van der Waals surface area contributed by atoms with E-state index in [4.69, 9.17) is 10.5 Å². The molecule has 1 aromatic rings. The van der Waals surface area contributed by atoms with Crippen LogP contribution in [0.25, 0.3) is 0 Å². The minimum absolute atomic E-state index is 0.0843. The van der Waals surface area contributed by atoms with Crippen LogP contribution in [0.1, 0.15) is 39.7 Å². The maximum Gasteiger partial charge on any atom is 0.260 e. The predicted octanol–water partition coefficient (Wildman–Crippen LogP) is 2.26. The monoisotopic (exact) mass is 278 g/mol. The standard InChI is InChI=1S/C16H26N2O2/c1-5-12(3)18-16(19)13(4)20-15-8-6-14(7-9-15)10-11(2)17/h6-9,11-13H,5,10,17H2,1-4H3,(H,18,19). The molecule has 0 aromatic heterocycles. The number of benzene rings is 1. The first-order valence-electron chi connectivity index (χ1n) is 7.24. The summed E-state index contributed by atoms with van der Waals surface area (Å²) in [6.07, 6.45) is 1.25. The Hall–Kier alpha value is -1.55. The minimum atomic E-state index is -0.497. The molecule has 0 aliphatic carbocycles. The molecule has 0 heterocycles. The molecule has 3 N–H and O–H groups in total. The molecular formula is C16H26N2O2. The third-order valence-electron chi connectivity index (χ3n) is 3.16. The Balaban J connectivity index is 2.53. The van der Waals surface area contributed by atoms with Crippen molar-refractivity contribution >= 4 is 5.91 Å². The smallest absolute Gasteiger partial charge is 0.260 e. The van der Waals surface area contributed by atoms with Gasteiger partial charge in [0, 0.05) is 12.1 Å². The van der Waals surface area contributed by atoms with Crippen LogP contribution >= 0.6 is 0 Å². The molecule has 20 heavy (non-hydrogen) atoms.